The first kappa shape index (κ1) is 13.6. The Morgan fingerprint density at radius 1 is 0.857 bits per heavy atom. The molecule has 104 valence electrons. The van der Waals surface area contributed by atoms with Crippen LogP contribution >= 0.6 is 0 Å². The molecule has 2 aromatic rings. The van der Waals surface area contributed by atoms with E-state index >= 15 is 0 Å². The molecule has 2 aromatic carbocycles. The fourth-order valence-electron chi connectivity index (χ4n) is 2.81. The van der Waals surface area contributed by atoms with Gasteiger partial charge in [0, 0.05) is 5.41 Å². The van der Waals surface area contributed by atoms with Crippen LogP contribution in [0.1, 0.15) is 23.6 Å². The Kier molecular flexibility index (Phi) is 3.62. The molecule has 0 bridgehead atoms. The van der Waals surface area contributed by atoms with Crippen LogP contribution in [-0.4, -0.2) is 0 Å². The van der Waals surface area contributed by atoms with Crippen molar-refractivity contribution in [3.05, 3.63) is 102 Å². The summed E-state index contributed by atoms with van der Waals surface area (Å²) in [5.41, 5.74) is 5.08. The van der Waals surface area contributed by atoms with Crippen molar-refractivity contribution in [1.82, 2.24) is 0 Å². The van der Waals surface area contributed by atoms with Gasteiger partial charge in [0.05, 0.1) is 0 Å². The van der Waals surface area contributed by atoms with Crippen molar-refractivity contribution in [3.63, 3.8) is 0 Å². The molecule has 21 heavy (non-hydrogen) atoms. The highest BCUT2D eigenvalue weighted by atomic mass is 14.3. The van der Waals surface area contributed by atoms with Gasteiger partial charge < -0.3 is 0 Å². The van der Waals surface area contributed by atoms with E-state index in [0.717, 1.165) is 0 Å². The summed E-state index contributed by atoms with van der Waals surface area (Å²) in [4.78, 5) is 0. The smallest absolute Gasteiger partial charge is 0.0295 e. The fourth-order valence-corrected chi connectivity index (χ4v) is 2.81. The van der Waals surface area contributed by atoms with Crippen molar-refractivity contribution in [2.24, 2.45) is 0 Å². The van der Waals surface area contributed by atoms with Gasteiger partial charge in [-0.15, -0.1) is 0 Å². The lowest BCUT2D eigenvalue weighted by Gasteiger charge is -2.23. The first-order chi connectivity index (χ1) is 10.2. The number of aryl methyl sites for hydroxylation is 1. The van der Waals surface area contributed by atoms with E-state index in [9.17, 15) is 0 Å². The minimum atomic E-state index is -0.0795. The second kappa shape index (κ2) is 5.57. The molecule has 0 N–H and O–H groups in total. The Balaban J connectivity index is 2.09. The highest BCUT2D eigenvalue weighted by Gasteiger charge is 2.22. The topological polar surface area (TPSA) is 0 Å². The number of rotatable bonds is 2. The van der Waals surface area contributed by atoms with Crippen molar-refractivity contribution < 1.29 is 0 Å². The monoisotopic (exact) mass is 272 g/mol. The van der Waals surface area contributed by atoms with E-state index in [-0.39, 0.29) is 5.41 Å². The Hall–Kier alpha value is -2.34. The Morgan fingerprint density at radius 3 is 2.43 bits per heavy atom. The lowest BCUT2D eigenvalue weighted by Crippen LogP contribution is -2.15. The first-order valence-corrected chi connectivity index (χ1v) is 7.39. The van der Waals surface area contributed by atoms with Crippen molar-refractivity contribution in [2.45, 2.75) is 19.3 Å². The van der Waals surface area contributed by atoms with Crippen LogP contribution < -0.4 is 0 Å². The number of allylic oxidation sites excluding steroid dienone is 6. The molecule has 0 aromatic heterocycles. The summed E-state index contributed by atoms with van der Waals surface area (Å²) in [5, 5.41) is 0. The van der Waals surface area contributed by atoms with E-state index in [0.29, 0.717) is 0 Å². The summed E-state index contributed by atoms with van der Waals surface area (Å²) < 4.78 is 0. The highest BCUT2D eigenvalue weighted by molar-refractivity contribution is 5.77. The fraction of sp³-hybridized carbons (Fsp3) is 0.143. The van der Waals surface area contributed by atoms with Crippen LogP contribution in [0.5, 0.6) is 0 Å². The highest BCUT2D eigenvalue weighted by Crippen LogP contribution is 2.33. The zero-order valence-corrected chi connectivity index (χ0v) is 12.6. The third-order valence-corrected chi connectivity index (χ3v) is 4.03. The van der Waals surface area contributed by atoms with Gasteiger partial charge in [0.15, 0.2) is 0 Å². The van der Waals surface area contributed by atoms with Gasteiger partial charge in [-0.3, -0.25) is 0 Å². The van der Waals surface area contributed by atoms with Crippen LogP contribution in [-0.2, 0) is 5.41 Å². The number of hydrogen-bond acceptors (Lipinski definition) is 0. The average Bonchev–Trinajstić information content (AvgIpc) is 2.71. The molecule has 0 saturated heterocycles. The maximum Gasteiger partial charge on any atom is 0.0295 e. The molecule has 0 nitrogen and oxygen atoms in total. The van der Waals surface area contributed by atoms with Gasteiger partial charge in [-0.2, -0.15) is 0 Å². The van der Waals surface area contributed by atoms with Crippen LogP contribution in [0.3, 0.4) is 0 Å². The normalized spacial score (nSPS) is 21.0. The van der Waals surface area contributed by atoms with E-state index in [1.165, 1.54) is 22.3 Å². The average molecular weight is 272 g/mol. The van der Waals surface area contributed by atoms with Crippen molar-refractivity contribution >= 4 is 5.57 Å². The van der Waals surface area contributed by atoms with Gasteiger partial charge in [-0.1, -0.05) is 90.5 Å². The third-order valence-electron chi connectivity index (χ3n) is 4.03. The van der Waals surface area contributed by atoms with E-state index in [2.05, 4.69) is 98.8 Å². The van der Waals surface area contributed by atoms with Crippen LogP contribution in [0.15, 0.2) is 85.0 Å². The summed E-state index contributed by atoms with van der Waals surface area (Å²) in [5.74, 6) is 0. The van der Waals surface area contributed by atoms with Gasteiger partial charge in [0.25, 0.3) is 0 Å². The summed E-state index contributed by atoms with van der Waals surface area (Å²) in [7, 11) is 0. The number of benzene rings is 2. The van der Waals surface area contributed by atoms with E-state index in [1.807, 2.05) is 0 Å². The minimum absolute atomic E-state index is 0.0795. The summed E-state index contributed by atoms with van der Waals surface area (Å²) in [6.07, 6.45) is 11.1. The second-order valence-electron chi connectivity index (χ2n) is 5.84. The lowest BCUT2D eigenvalue weighted by molar-refractivity contribution is 0.761. The molecule has 1 unspecified atom stereocenters. The summed E-state index contributed by atoms with van der Waals surface area (Å²) in [6.45, 7) is 4.40. The zero-order valence-electron chi connectivity index (χ0n) is 12.6. The van der Waals surface area contributed by atoms with Crippen molar-refractivity contribution in [1.29, 1.82) is 0 Å². The molecule has 0 saturated carbocycles. The van der Waals surface area contributed by atoms with Gasteiger partial charge in [0.2, 0.25) is 0 Å². The van der Waals surface area contributed by atoms with Gasteiger partial charge in [-0.25, -0.2) is 0 Å². The predicted octanol–water partition coefficient (Wildman–Crippen LogP) is 5.46. The number of hydrogen-bond donors (Lipinski definition) is 0. The summed E-state index contributed by atoms with van der Waals surface area (Å²) in [6, 6.07) is 19.3. The SMILES string of the molecule is Cc1cccc(C2=CC(C)(c3ccccc3)C=CC=C2)c1. The van der Waals surface area contributed by atoms with Crippen LogP contribution in [0.2, 0.25) is 0 Å². The molecule has 0 heteroatoms. The maximum atomic E-state index is 2.36. The molecule has 0 fully saturated rings. The van der Waals surface area contributed by atoms with E-state index < -0.39 is 0 Å². The molecule has 0 radical (unpaired) electrons. The predicted molar refractivity (Wildman–Crippen MR) is 91.2 cm³/mol. The first-order valence-electron chi connectivity index (χ1n) is 7.39. The lowest BCUT2D eigenvalue weighted by atomic mass is 9.80. The van der Waals surface area contributed by atoms with Gasteiger partial charge in [0.1, 0.15) is 0 Å². The van der Waals surface area contributed by atoms with E-state index in [4.69, 9.17) is 0 Å². The molecule has 0 amide bonds. The van der Waals surface area contributed by atoms with Crippen LogP contribution in [0, 0.1) is 6.92 Å². The quantitative estimate of drug-likeness (QED) is 0.680. The van der Waals surface area contributed by atoms with E-state index in [1.54, 1.807) is 0 Å². The van der Waals surface area contributed by atoms with Crippen molar-refractivity contribution in [2.75, 3.05) is 0 Å². The Bertz CT molecular complexity index is 717. The Morgan fingerprint density at radius 2 is 1.67 bits per heavy atom. The molecule has 0 heterocycles. The Labute approximate surface area is 127 Å². The molecule has 1 aliphatic carbocycles. The minimum Gasteiger partial charge on any atom is -0.0704 e. The molecular formula is C21H20. The standard InChI is InChI=1S/C21H20/c1-17-9-8-11-18(15-17)19-10-6-7-14-21(2,16-19)20-12-4-3-5-13-20/h3-16H,1-2H3. The molecule has 0 spiro atoms. The maximum absolute atomic E-state index is 2.36. The third kappa shape index (κ3) is 2.90. The van der Waals surface area contributed by atoms with Crippen molar-refractivity contribution in [3.8, 4) is 0 Å². The molecule has 0 aliphatic heterocycles. The van der Waals surface area contributed by atoms with Crippen LogP contribution in [0.4, 0.5) is 0 Å². The molecular weight excluding hydrogens is 252 g/mol. The second-order valence-corrected chi connectivity index (χ2v) is 5.84. The molecule has 1 aliphatic rings. The summed E-state index contributed by atoms with van der Waals surface area (Å²) >= 11 is 0. The largest absolute Gasteiger partial charge is 0.0704 e. The van der Waals surface area contributed by atoms with Crippen LogP contribution in [0.25, 0.3) is 5.57 Å². The molecule has 3 rings (SSSR count). The van der Waals surface area contributed by atoms with Gasteiger partial charge in [-0.05, 0) is 30.5 Å². The molecule has 1 atom stereocenters. The van der Waals surface area contributed by atoms with Gasteiger partial charge >= 0.3 is 0 Å². The zero-order chi connectivity index (χ0) is 14.7.